The van der Waals surface area contributed by atoms with Gasteiger partial charge in [0, 0.05) is 12.0 Å². The molecular formula is C32H27F3N6O5S2. The van der Waals surface area contributed by atoms with Crippen molar-refractivity contribution in [2.45, 2.75) is 30.3 Å². The zero-order valence-corrected chi connectivity index (χ0v) is 27.1. The fourth-order valence-electron chi connectivity index (χ4n) is 5.18. The number of thiophene rings is 1. The van der Waals surface area contributed by atoms with Crippen LogP contribution in [-0.4, -0.2) is 57.3 Å². The van der Waals surface area contributed by atoms with Crippen LogP contribution in [0.2, 0.25) is 0 Å². The van der Waals surface area contributed by atoms with E-state index in [0.717, 1.165) is 34.5 Å². The summed E-state index contributed by atoms with van der Waals surface area (Å²) in [5.41, 5.74) is 0.645. The van der Waals surface area contributed by atoms with Crippen LogP contribution in [0.25, 0.3) is 5.69 Å². The number of aromatic nitrogens is 3. The Morgan fingerprint density at radius 1 is 1.06 bits per heavy atom. The number of amides is 2. The summed E-state index contributed by atoms with van der Waals surface area (Å²) in [5, 5.41) is 19.1. The number of carbonyl (C=O) groups excluding carboxylic acids is 2. The Morgan fingerprint density at radius 2 is 1.90 bits per heavy atom. The molecule has 0 fully saturated rings. The molecule has 0 spiro atoms. The molecule has 3 aromatic heterocycles. The number of rotatable bonds is 11. The first kappa shape index (κ1) is 32.8. The van der Waals surface area contributed by atoms with Crippen molar-refractivity contribution in [2.24, 2.45) is 5.10 Å². The highest BCUT2D eigenvalue weighted by atomic mass is 32.2. The molecule has 0 aliphatic carbocycles. The minimum Gasteiger partial charge on any atom is -0.493 e. The van der Waals surface area contributed by atoms with Gasteiger partial charge in [-0.25, -0.2) is 5.01 Å². The zero-order chi connectivity index (χ0) is 33.8. The van der Waals surface area contributed by atoms with Crippen molar-refractivity contribution < 1.29 is 36.7 Å². The molecule has 6 rings (SSSR count). The monoisotopic (exact) mass is 696 g/mol. The molecule has 1 aliphatic rings. The van der Waals surface area contributed by atoms with E-state index in [4.69, 9.17) is 19.0 Å². The Kier molecular flexibility index (Phi) is 9.54. The number of carbonyl (C=O) groups is 2. The Morgan fingerprint density at radius 3 is 2.60 bits per heavy atom. The van der Waals surface area contributed by atoms with Crippen molar-refractivity contribution in [3.05, 3.63) is 106 Å². The molecule has 1 aliphatic heterocycles. The summed E-state index contributed by atoms with van der Waals surface area (Å²) >= 11 is 2.48. The minimum absolute atomic E-state index is 0.0515. The number of halogens is 3. The van der Waals surface area contributed by atoms with Gasteiger partial charge in [0.05, 0.1) is 60.7 Å². The summed E-state index contributed by atoms with van der Waals surface area (Å²) < 4.78 is 58.7. The molecule has 0 radical (unpaired) electrons. The maximum absolute atomic E-state index is 13.9. The van der Waals surface area contributed by atoms with Crippen LogP contribution in [0.1, 0.15) is 44.8 Å². The molecule has 2 aromatic carbocycles. The molecule has 1 atom stereocenters. The fraction of sp³-hybridized carbons (Fsp3) is 0.219. The Labute approximate surface area is 280 Å². The fourth-order valence-corrected chi connectivity index (χ4v) is 6.73. The predicted molar refractivity (Wildman–Crippen MR) is 172 cm³/mol. The first-order chi connectivity index (χ1) is 23.2. The number of methoxy groups -OCH3 is 2. The largest absolute Gasteiger partial charge is 0.493 e. The molecule has 5 aromatic rings. The molecule has 2 amide bonds. The normalized spacial score (nSPS) is 14.6. The number of benzene rings is 2. The van der Waals surface area contributed by atoms with Gasteiger partial charge < -0.3 is 19.2 Å². The number of hydrogen-bond donors (Lipinski definition) is 1. The molecule has 16 heteroatoms. The topological polar surface area (TPSA) is 124 Å². The molecule has 4 heterocycles. The number of para-hydroxylation sites is 1. The number of thioether (sulfide) groups is 1. The van der Waals surface area contributed by atoms with Crippen LogP contribution < -0.4 is 14.8 Å². The van der Waals surface area contributed by atoms with E-state index in [-0.39, 0.29) is 40.6 Å². The van der Waals surface area contributed by atoms with Gasteiger partial charge in [-0.05, 0) is 47.8 Å². The third kappa shape index (κ3) is 6.80. The predicted octanol–water partition coefficient (Wildman–Crippen LogP) is 6.36. The van der Waals surface area contributed by atoms with Gasteiger partial charge in [0.25, 0.3) is 11.8 Å². The minimum atomic E-state index is -4.61. The van der Waals surface area contributed by atoms with Crippen LogP contribution in [0.4, 0.5) is 13.2 Å². The third-order valence-electron chi connectivity index (χ3n) is 7.37. The van der Waals surface area contributed by atoms with Crippen LogP contribution >= 0.6 is 23.1 Å². The molecule has 0 bridgehead atoms. The van der Waals surface area contributed by atoms with E-state index in [2.05, 4.69) is 15.5 Å². The van der Waals surface area contributed by atoms with Gasteiger partial charge in [0.1, 0.15) is 0 Å². The quantitative estimate of drug-likeness (QED) is 0.158. The maximum atomic E-state index is 13.9. The van der Waals surface area contributed by atoms with Crippen LogP contribution in [0.15, 0.2) is 93.0 Å². The first-order valence-electron chi connectivity index (χ1n) is 14.4. The highest BCUT2D eigenvalue weighted by molar-refractivity contribution is 7.99. The van der Waals surface area contributed by atoms with Gasteiger partial charge in [0.15, 0.2) is 28.2 Å². The molecule has 0 unspecified atom stereocenters. The van der Waals surface area contributed by atoms with Gasteiger partial charge >= 0.3 is 6.18 Å². The molecule has 1 N–H and O–H groups in total. The van der Waals surface area contributed by atoms with Crippen LogP contribution in [0.5, 0.6) is 11.5 Å². The number of hydrazone groups is 1. The molecule has 248 valence electrons. The van der Waals surface area contributed by atoms with Crippen molar-refractivity contribution in [1.29, 1.82) is 0 Å². The van der Waals surface area contributed by atoms with Crippen LogP contribution in [-0.2, 0) is 17.5 Å². The highest BCUT2D eigenvalue weighted by Gasteiger charge is 2.36. The van der Waals surface area contributed by atoms with E-state index in [1.165, 1.54) is 59.6 Å². The van der Waals surface area contributed by atoms with Gasteiger partial charge in [-0.15, -0.1) is 21.5 Å². The number of furan rings is 1. The molecule has 11 nitrogen and oxygen atoms in total. The summed E-state index contributed by atoms with van der Waals surface area (Å²) in [7, 11) is 3.05. The SMILES string of the molecule is COc1cccc([C@H]2CC(c3cccs3)=NN2C(=O)CSc2nnc(CNC(=O)c3ccco3)n2-c2cccc(C(F)(F)F)c2)c1OC. The Hall–Kier alpha value is -5.09. The lowest BCUT2D eigenvalue weighted by atomic mass is 9.99. The highest BCUT2D eigenvalue weighted by Crippen LogP contribution is 2.42. The van der Waals surface area contributed by atoms with Crippen molar-refractivity contribution in [2.75, 3.05) is 20.0 Å². The summed E-state index contributed by atoms with van der Waals surface area (Å²) in [6.07, 6.45) is -2.85. The lowest BCUT2D eigenvalue weighted by Crippen LogP contribution is -2.29. The lowest BCUT2D eigenvalue weighted by molar-refractivity contribution is -0.137. The second kappa shape index (κ2) is 13.9. The second-order valence-electron chi connectivity index (χ2n) is 10.3. The van der Waals surface area contributed by atoms with Gasteiger partial charge in [-0.1, -0.05) is 36.0 Å². The summed E-state index contributed by atoms with van der Waals surface area (Å²) in [6.45, 7) is -0.185. The van der Waals surface area contributed by atoms with E-state index >= 15 is 0 Å². The molecule has 0 saturated carbocycles. The standard InChI is InChI=1S/C32H27F3N6O5S2/c1-44-24-10-4-9-21(29(24)45-2)23-16-22(26-12-6-14-47-26)39-41(23)28(42)18-48-31-38-37-27(17-36-30(43)25-11-5-13-46-25)40(31)20-8-3-7-19(15-20)32(33,34)35/h3-15,23H,16-18H2,1-2H3,(H,36,43)/t23-/m1/s1. The Bertz CT molecular complexity index is 1940. The van der Waals surface area contributed by atoms with Crippen molar-refractivity contribution in [3.8, 4) is 17.2 Å². The molecular weight excluding hydrogens is 670 g/mol. The number of nitrogens with one attached hydrogen (secondary N) is 1. The maximum Gasteiger partial charge on any atom is 0.416 e. The average Bonchev–Trinajstić information content (AvgIpc) is 3.92. The van der Waals surface area contributed by atoms with Crippen molar-refractivity contribution in [1.82, 2.24) is 25.1 Å². The van der Waals surface area contributed by atoms with Crippen molar-refractivity contribution >= 4 is 40.6 Å². The number of nitrogens with zero attached hydrogens (tertiary/aromatic N) is 5. The van der Waals surface area contributed by atoms with E-state index in [1.807, 2.05) is 23.6 Å². The second-order valence-corrected chi connectivity index (χ2v) is 12.2. The summed E-state index contributed by atoms with van der Waals surface area (Å²) in [5.74, 6) is 0.0618. The smallest absolute Gasteiger partial charge is 0.416 e. The lowest BCUT2D eigenvalue weighted by Gasteiger charge is -2.24. The van der Waals surface area contributed by atoms with Gasteiger partial charge in [-0.2, -0.15) is 18.3 Å². The van der Waals surface area contributed by atoms with Gasteiger partial charge in [-0.3, -0.25) is 14.2 Å². The van der Waals surface area contributed by atoms with Crippen LogP contribution in [0.3, 0.4) is 0 Å². The first-order valence-corrected chi connectivity index (χ1v) is 16.2. The van der Waals surface area contributed by atoms with E-state index < -0.39 is 23.7 Å². The average molecular weight is 697 g/mol. The zero-order valence-electron chi connectivity index (χ0n) is 25.4. The number of ether oxygens (including phenoxy) is 2. The Balaban J connectivity index is 1.30. The van der Waals surface area contributed by atoms with E-state index in [1.54, 1.807) is 18.2 Å². The molecule has 0 saturated heterocycles. The van der Waals surface area contributed by atoms with E-state index in [0.29, 0.717) is 23.5 Å². The van der Waals surface area contributed by atoms with Crippen LogP contribution in [0, 0.1) is 0 Å². The van der Waals surface area contributed by atoms with Crippen molar-refractivity contribution in [3.63, 3.8) is 0 Å². The van der Waals surface area contributed by atoms with Gasteiger partial charge in [0.2, 0.25) is 0 Å². The number of alkyl halides is 3. The third-order valence-corrected chi connectivity index (χ3v) is 9.21. The van der Waals surface area contributed by atoms with E-state index in [9.17, 15) is 22.8 Å². The number of hydrogen-bond acceptors (Lipinski definition) is 10. The summed E-state index contributed by atoms with van der Waals surface area (Å²) in [6, 6.07) is 16.4. The summed E-state index contributed by atoms with van der Waals surface area (Å²) in [4.78, 5) is 27.4. The molecule has 48 heavy (non-hydrogen) atoms.